The van der Waals surface area contributed by atoms with Crippen LogP contribution >= 0.6 is 0 Å². The SMILES string of the molecule is [As].[Ga].[Ge].[Si]. The summed E-state index contributed by atoms with van der Waals surface area (Å²) in [5, 5.41) is 0. The summed E-state index contributed by atoms with van der Waals surface area (Å²) in [6.07, 6.45) is 0. The summed E-state index contributed by atoms with van der Waals surface area (Å²) in [4.78, 5) is 0. The maximum atomic E-state index is 0. The summed E-state index contributed by atoms with van der Waals surface area (Å²) >= 11 is 0. The van der Waals surface area contributed by atoms with E-state index in [0.29, 0.717) is 0 Å². The van der Waals surface area contributed by atoms with Crippen molar-refractivity contribution in [1.82, 2.24) is 0 Å². The summed E-state index contributed by atoms with van der Waals surface area (Å²) in [5.41, 5.74) is 0. The average molecular weight is 245 g/mol. The zero-order valence-electron chi connectivity index (χ0n) is 2.02. The Balaban J connectivity index is 0. The number of hydrogen-bond acceptors (Lipinski definition) is 0. The van der Waals surface area contributed by atoms with E-state index in [1.165, 1.54) is 0 Å². The zero-order chi connectivity index (χ0) is 0. The van der Waals surface area contributed by atoms with Gasteiger partial charge in [-0.05, 0) is 0 Å². The van der Waals surface area contributed by atoms with Gasteiger partial charge in [0.2, 0.25) is 0 Å². The maximum Gasteiger partial charge on any atom is 0 e. The molecular weight excluding hydrogens is 245 g/mol. The minimum absolute atomic E-state index is 0. The largest absolute Gasteiger partial charge is 0 e. The molecule has 0 heterocycles. The van der Waals surface area contributed by atoms with Crippen molar-refractivity contribution in [3.63, 3.8) is 0 Å². The first-order valence-electron chi connectivity index (χ1n) is 0. The molecule has 0 atom stereocenters. The Morgan fingerprint density at radius 3 is 1.00 bits per heavy atom. The Morgan fingerprint density at radius 1 is 1.00 bits per heavy atom. The Morgan fingerprint density at radius 2 is 1.00 bits per heavy atom. The smallest absolute Gasteiger partial charge is 0 e. The summed E-state index contributed by atoms with van der Waals surface area (Å²) in [6.45, 7) is 0. The fourth-order valence-electron chi connectivity index (χ4n) is 0. The summed E-state index contributed by atoms with van der Waals surface area (Å²) in [7, 11) is 0. The second kappa shape index (κ2) is 20.3. The standard InChI is InChI=1S/As.Ga.Ge.Si. The van der Waals surface area contributed by atoms with Crippen molar-refractivity contribution < 1.29 is 0 Å². The third-order valence-electron chi connectivity index (χ3n) is 0. The van der Waals surface area contributed by atoms with Gasteiger partial charge >= 0.3 is 0 Å². The van der Waals surface area contributed by atoms with Crippen LogP contribution in [0.2, 0.25) is 0 Å². The van der Waals surface area contributed by atoms with Crippen molar-refractivity contribution in [3.05, 3.63) is 0 Å². The third-order valence-corrected chi connectivity index (χ3v) is 0. The van der Waals surface area contributed by atoms with Crippen LogP contribution in [0.3, 0.4) is 0 Å². The van der Waals surface area contributed by atoms with Crippen molar-refractivity contribution in [2.24, 2.45) is 0 Å². The first kappa shape index (κ1) is 38.3. The molecule has 0 unspecified atom stereocenters. The van der Waals surface area contributed by atoms with Crippen LogP contribution < -0.4 is 0 Å². The summed E-state index contributed by atoms with van der Waals surface area (Å²) in [5.74, 6) is 0. The molecule has 0 N–H and O–H groups in total. The van der Waals surface area contributed by atoms with Gasteiger partial charge in [-0.1, -0.05) is 0 Å². The van der Waals surface area contributed by atoms with Crippen LogP contribution in [0.4, 0.5) is 0 Å². The van der Waals surface area contributed by atoms with Crippen LogP contribution in [-0.4, -0.2) is 66.3 Å². The molecule has 0 aliphatic rings. The van der Waals surface area contributed by atoms with Crippen LogP contribution in [0, 0.1) is 0 Å². The quantitative estimate of drug-likeness (QED) is 0.455. The first-order chi connectivity index (χ1) is 0. The second-order valence-electron chi connectivity index (χ2n) is 0. The van der Waals surface area contributed by atoms with Gasteiger partial charge in [0.05, 0.1) is 0 Å². The van der Waals surface area contributed by atoms with Crippen LogP contribution in [0.15, 0.2) is 0 Å². The molecule has 16 valence electrons. The minimum atomic E-state index is 0. The molecule has 0 aromatic carbocycles. The van der Waals surface area contributed by atoms with E-state index in [1.807, 2.05) is 0 Å². The van der Waals surface area contributed by atoms with Crippen molar-refractivity contribution in [3.8, 4) is 0 Å². The van der Waals surface area contributed by atoms with E-state index in [2.05, 4.69) is 0 Å². The zero-order valence-corrected chi connectivity index (χ0v) is 9.42. The molecule has 0 amide bonds. The Kier molecular flexibility index (Phi) is 194. The van der Waals surface area contributed by atoms with Gasteiger partial charge < -0.3 is 0 Å². The monoisotopic (exact) mass is 246 g/mol. The third kappa shape index (κ3) is 9.04. The van der Waals surface area contributed by atoms with E-state index >= 15 is 0 Å². The molecule has 0 rings (SSSR count). The minimum Gasteiger partial charge on any atom is 0 e. The second-order valence-corrected chi connectivity index (χ2v) is 0. The molecule has 0 saturated heterocycles. The normalized spacial score (nSPS) is 0. The van der Waals surface area contributed by atoms with Gasteiger partial charge in [0.1, 0.15) is 0 Å². The molecule has 0 aromatic heterocycles. The molecule has 4 heteroatoms. The van der Waals surface area contributed by atoms with Gasteiger partial charge in [0.25, 0.3) is 0 Å². The van der Waals surface area contributed by atoms with Crippen LogP contribution in [0.5, 0.6) is 0 Å². The van der Waals surface area contributed by atoms with E-state index in [0.717, 1.165) is 0 Å². The molecule has 0 fully saturated rings. The Bertz CT molecular complexity index is 8.00. The molecule has 0 aromatic rings. The number of hydrogen-bond donors (Lipinski definition) is 0. The molecular formula is AsGaGeSi. The van der Waals surface area contributed by atoms with Crippen molar-refractivity contribution in [1.29, 1.82) is 0 Å². The van der Waals surface area contributed by atoms with E-state index in [9.17, 15) is 0 Å². The van der Waals surface area contributed by atoms with E-state index in [4.69, 9.17) is 0 Å². The predicted molar refractivity (Wildman–Crippen MR) is 23.0 cm³/mol. The van der Waals surface area contributed by atoms with Crippen molar-refractivity contribution in [2.75, 3.05) is 0 Å². The molecule has 0 spiro atoms. The fraction of sp³-hybridized carbons (Fsp3) is 0. The summed E-state index contributed by atoms with van der Waals surface area (Å²) < 4.78 is 0. The first-order valence-corrected chi connectivity index (χ1v) is 0. The van der Waals surface area contributed by atoms with Gasteiger partial charge in [-0.15, -0.1) is 0 Å². The van der Waals surface area contributed by atoms with Gasteiger partial charge in [0.15, 0.2) is 0 Å². The number of rotatable bonds is 0. The molecule has 4 heavy (non-hydrogen) atoms. The van der Waals surface area contributed by atoms with Gasteiger partial charge in [0, 0.05) is 66.3 Å². The van der Waals surface area contributed by atoms with Crippen LogP contribution in [0.1, 0.15) is 0 Å². The predicted octanol–water partition coefficient (Wildman–Crippen LogP) is -1.52. The maximum absolute atomic E-state index is 0. The average Bonchev–Trinajstić information content (AvgIpc) is 0. The Labute approximate surface area is 65.9 Å². The van der Waals surface area contributed by atoms with Crippen LogP contribution in [-0.2, 0) is 0 Å². The van der Waals surface area contributed by atoms with Gasteiger partial charge in [-0.25, -0.2) is 0 Å². The molecule has 0 saturated carbocycles. The van der Waals surface area contributed by atoms with E-state index in [-0.39, 0.29) is 66.3 Å². The topological polar surface area (TPSA) is 0 Å². The fourth-order valence-corrected chi connectivity index (χ4v) is 0. The molecule has 0 nitrogen and oxygen atoms in total. The molecule has 14 radical (unpaired) electrons. The van der Waals surface area contributed by atoms with Crippen molar-refractivity contribution >= 4 is 66.3 Å². The van der Waals surface area contributed by atoms with Crippen molar-refractivity contribution in [2.45, 2.75) is 0 Å². The van der Waals surface area contributed by atoms with Crippen LogP contribution in [0.25, 0.3) is 0 Å². The van der Waals surface area contributed by atoms with Gasteiger partial charge in [-0.3, -0.25) is 0 Å². The molecule has 0 aliphatic carbocycles. The van der Waals surface area contributed by atoms with Gasteiger partial charge in [-0.2, -0.15) is 0 Å². The molecule has 0 aliphatic heterocycles. The van der Waals surface area contributed by atoms with E-state index in [1.54, 1.807) is 0 Å². The summed E-state index contributed by atoms with van der Waals surface area (Å²) in [6, 6.07) is 0. The Hall–Kier alpha value is 1.95. The van der Waals surface area contributed by atoms with E-state index < -0.39 is 0 Å². The molecule has 0 bridgehead atoms.